The van der Waals surface area contributed by atoms with Gasteiger partial charge < -0.3 is 5.32 Å². The number of nitrogens with one attached hydrogen (secondary N) is 1. The topological polar surface area (TPSA) is 12.0 Å². The molecule has 0 fully saturated rings. The van der Waals surface area contributed by atoms with E-state index in [4.69, 9.17) is 11.6 Å². The SMILES string of the molecule is CC(C)Nc1cc(Cl)ccc1C(C)C. The first-order chi connectivity index (χ1) is 6.50. The van der Waals surface area contributed by atoms with Crippen LogP contribution in [0.2, 0.25) is 5.02 Å². The van der Waals surface area contributed by atoms with Gasteiger partial charge in [0, 0.05) is 16.8 Å². The largest absolute Gasteiger partial charge is 0.383 e. The number of hydrogen-bond donors (Lipinski definition) is 1. The van der Waals surface area contributed by atoms with Crippen LogP contribution in [0, 0.1) is 0 Å². The molecular weight excluding hydrogens is 194 g/mol. The van der Waals surface area contributed by atoms with Crippen LogP contribution < -0.4 is 5.32 Å². The maximum absolute atomic E-state index is 5.96. The first-order valence-electron chi connectivity index (χ1n) is 5.06. The highest BCUT2D eigenvalue weighted by atomic mass is 35.5. The fourth-order valence-corrected chi connectivity index (χ4v) is 1.64. The maximum Gasteiger partial charge on any atom is 0.0426 e. The Labute approximate surface area is 91.5 Å². The molecule has 1 aromatic carbocycles. The normalized spacial score (nSPS) is 11.1. The summed E-state index contributed by atoms with van der Waals surface area (Å²) in [5.74, 6) is 0.522. The number of benzene rings is 1. The summed E-state index contributed by atoms with van der Waals surface area (Å²) in [5.41, 5.74) is 2.48. The molecule has 0 aliphatic carbocycles. The van der Waals surface area contributed by atoms with Crippen LogP contribution in [0.15, 0.2) is 18.2 Å². The van der Waals surface area contributed by atoms with Crippen molar-refractivity contribution in [2.75, 3.05) is 5.32 Å². The van der Waals surface area contributed by atoms with Gasteiger partial charge in [-0.05, 0) is 37.5 Å². The minimum Gasteiger partial charge on any atom is -0.383 e. The number of rotatable bonds is 3. The van der Waals surface area contributed by atoms with Crippen molar-refractivity contribution in [3.05, 3.63) is 28.8 Å². The third-order valence-electron chi connectivity index (χ3n) is 2.08. The van der Waals surface area contributed by atoms with Gasteiger partial charge in [0.05, 0.1) is 0 Å². The van der Waals surface area contributed by atoms with Gasteiger partial charge in [0.15, 0.2) is 0 Å². The van der Waals surface area contributed by atoms with Crippen molar-refractivity contribution in [1.29, 1.82) is 0 Å². The Balaban J connectivity index is 3.03. The van der Waals surface area contributed by atoms with Crippen LogP contribution in [0.3, 0.4) is 0 Å². The molecule has 0 saturated heterocycles. The number of anilines is 1. The average Bonchev–Trinajstić information content (AvgIpc) is 2.01. The molecule has 0 radical (unpaired) electrons. The molecular formula is C12H18ClN. The fraction of sp³-hybridized carbons (Fsp3) is 0.500. The zero-order chi connectivity index (χ0) is 10.7. The quantitative estimate of drug-likeness (QED) is 0.787. The van der Waals surface area contributed by atoms with Gasteiger partial charge in [-0.25, -0.2) is 0 Å². The molecule has 0 aliphatic rings. The molecule has 0 saturated carbocycles. The molecule has 0 heterocycles. The molecule has 0 aliphatic heterocycles. The summed E-state index contributed by atoms with van der Waals surface area (Å²) in [6, 6.07) is 6.47. The smallest absolute Gasteiger partial charge is 0.0426 e. The molecule has 1 aromatic rings. The number of halogens is 1. The lowest BCUT2D eigenvalue weighted by molar-refractivity contribution is 0.847. The fourth-order valence-electron chi connectivity index (χ4n) is 1.47. The summed E-state index contributed by atoms with van der Waals surface area (Å²) in [7, 11) is 0. The van der Waals surface area contributed by atoms with Crippen LogP contribution in [0.5, 0.6) is 0 Å². The summed E-state index contributed by atoms with van der Waals surface area (Å²) >= 11 is 5.96. The van der Waals surface area contributed by atoms with Gasteiger partial charge in [0.2, 0.25) is 0 Å². The predicted molar refractivity (Wildman–Crippen MR) is 64.3 cm³/mol. The second-order valence-corrected chi connectivity index (χ2v) is 4.62. The third kappa shape index (κ3) is 2.91. The van der Waals surface area contributed by atoms with Gasteiger partial charge in [0.1, 0.15) is 0 Å². The summed E-state index contributed by atoms with van der Waals surface area (Å²) in [5, 5.41) is 4.20. The van der Waals surface area contributed by atoms with Crippen LogP contribution in [0.4, 0.5) is 5.69 Å². The van der Waals surface area contributed by atoms with E-state index in [9.17, 15) is 0 Å². The molecule has 0 amide bonds. The zero-order valence-corrected chi connectivity index (χ0v) is 10.0. The molecule has 0 bridgehead atoms. The summed E-state index contributed by atoms with van der Waals surface area (Å²) in [4.78, 5) is 0. The van der Waals surface area contributed by atoms with E-state index < -0.39 is 0 Å². The van der Waals surface area contributed by atoms with Crippen LogP contribution >= 0.6 is 11.6 Å². The van der Waals surface area contributed by atoms with E-state index in [1.165, 1.54) is 5.56 Å². The lowest BCUT2D eigenvalue weighted by Crippen LogP contribution is -2.11. The van der Waals surface area contributed by atoms with E-state index in [0.29, 0.717) is 12.0 Å². The monoisotopic (exact) mass is 211 g/mol. The Kier molecular flexibility index (Phi) is 3.82. The molecule has 0 aromatic heterocycles. The number of hydrogen-bond acceptors (Lipinski definition) is 1. The molecule has 1 nitrogen and oxygen atoms in total. The van der Waals surface area contributed by atoms with Crippen molar-refractivity contribution in [2.24, 2.45) is 0 Å². The molecule has 1 N–H and O–H groups in total. The van der Waals surface area contributed by atoms with E-state index in [2.05, 4.69) is 39.1 Å². The molecule has 0 unspecified atom stereocenters. The van der Waals surface area contributed by atoms with Crippen LogP contribution in [0.1, 0.15) is 39.2 Å². The lowest BCUT2D eigenvalue weighted by atomic mass is 10.0. The zero-order valence-electron chi connectivity index (χ0n) is 9.26. The van der Waals surface area contributed by atoms with Gasteiger partial charge in [-0.15, -0.1) is 0 Å². The summed E-state index contributed by atoms with van der Waals surface area (Å²) < 4.78 is 0. The van der Waals surface area contributed by atoms with Gasteiger partial charge >= 0.3 is 0 Å². The summed E-state index contributed by atoms with van der Waals surface area (Å²) in [6.07, 6.45) is 0. The van der Waals surface area contributed by atoms with Gasteiger partial charge in [0.25, 0.3) is 0 Å². The Morgan fingerprint density at radius 2 is 1.79 bits per heavy atom. The molecule has 1 rings (SSSR count). The first-order valence-corrected chi connectivity index (χ1v) is 5.44. The van der Waals surface area contributed by atoms with Crippen LogP contribution in [-0.4, -0.2) is 6.04 Å². The second-order valence-electron chi connectivity index (χ2n) is 4.19. The molecule has 78 valence electrons. The standard InChI is InChI=1S/C12H18ClN/c1-8(2)11-6-5-10(13)7-12(11)14-9(3)4/h5-9,14H,1-4H3. The van der Waals surface area contributed by atoms with Gasteiger partial charge in [-0.2, -0.15) is 0 Å². The van der Waals surface area contributed by atoms with E-state index in [1.807, 2.05) is 12.1 Å². The predicted octanol–water partition coefficient (Wildman–Crippen LogP) is 4.28. The first kappa shape index (κ1) is 11.4. The Morgan fingerprint density at radius 1 is 1.14 bits per heavy atom. The molecule has 14 heavy (non-hydrogen) atoms. The van der Waals surface area contributed by atoms with Crippen LogP contribution in [-0.2, 0) is 0 Å². The Bertz CT molecular complexity index is 305. The molecule has 0 spiro atoms. The van der Waals surface area contributed by atoms with E-state index in [1.54, 1.807) is 0 Å². The van der Waals surface area contributed by atoms with E-state index >= 15 is 0 Å². The highest BCUT2D eigenvalue weighted by molar-refractivity contribution is 6.30. The minimum atomic E-state index is 0.436. The highest BCUT2D eigenvalue weighted by Gasteiger charge is 2.07. The van der Waals surface area contributed by atoms with Crippen molar-refractivity contribution < 1.29 is 0 Å². The molecule has 0 atom stereocenters. The average molecular weight is 212 g/mol. The van der Waals surface area contributed by atoms with Crippen molar-refractivity contribution in [3.63, 3.8) is 0 Å². The maximum atomic E-state index is 5.96. The van der Waals surface area contributed by atoms with Crippen molar-refractivity contribution >= 4 is 17.3 Å². The van der Waals surface area contributed by atoms with Crippen molar-refractivity contribution in [3.8, 4) is 0 Å². The molecule has 2 heteroatoms. The van der Waals surface area contributed by atoms with Gasteiger partial charge in [-0.1, -0.05) is 31.5 Å². The Morgan fingerprint density at radius 3 is 2.29 bits per heavy atom. The highest BCUT2D eigenvalue weighted by Crippen LogP contribution is 2.27. The van der Waals surface area contributed by atoms with E-state index in [-0.39, 0.29) is 0 Å². The Hall–Kier alpha value is -0.690. The third-order valence-corrected chi connectivity index (χ3v) is 2.32. The van der Waals surface area contributed by atoms with E-state index in [0.717, 1.165) is 10.7 Å². The van der Waals surface area contributed by atoms with Gasteiger partial charge in [-0.3, -0.25) is 0 Å². The second kappa shape index (κ2) is 4.70. The van der Waals surface area contributed by atoms with Crippen LogP contribution in [0.25, 0.3) is 0 Å². The summed E-state index contributed by atoms with van der Waals surface area (Å²) in [6.45, 7) is 8.64. The lowest BCUT2D eigenvalue weighted by Gasteiger charge is -2.17. The minimum absolute atomic E-state index is 0.436. The van der Waals surface area contributed by atoms with Crippen molar-refractivity contribution in [1.82, 2.24) is 0 Å². The van der Waals surface area contributed by atoms with Crippen molar-refractivity contribution in [2.45, 2.75) is 39.7 Å².